The molecule has 0 saturated heterocycles. The van der Waals surface area contributed by atoms with E-state index in [1.165, 1.54) is 32.1 Å². The Morgan fingerprint density at radius 2 is 2.05 bits per heavy atom. The molecule has 1 fully saturated rings. The second kappa shape index (κ2) is 6.93. The Kier molecular flexibility index (Phi) is 5.44. The van der Waals surface area contributed by atoms with Gasteiger partial charge in [0.05, 0.1) is 17.8 Å². The van der Waals surface area contributed by atoms with E-state index in [1.807, 2.05) is 14.1 Å². The molecule has 4 heteroatoms. The van der Waals surface area contributed by atoms with Crippen molar-refractivity contribution < 1.29 is 5.11 Å². The third-order valence-electron chi connectivity index (χ3n) is 5.47. The SMILES string of the molecule is CCC(C)(C(O)Cc1ccn(C2CCCCC2)n1)N(C)C. The zero-order valence-corrected chi connectivity index (χ0v) is 14.0. The van der Waals surface area contributed by atoms with Crippen LogP contribution in [0, 0.1) is 0 Å². The minimum atomic E-state index is -0.396. The molecule has 1 aromatic heterocycles. The fourth-order valence-corrected chi connectivity index (χ4v) is 3.30. The summed E-state index contributed by atoms with van der Waals surface area (Å²) in [7, 11) is 4.07. The number of aliphatic hydroxyl groups is 1. The van der Waals surface area contributed by atoms with Crippen molar-refractivity contribution in [3.63, 3.8) is 0 Å². The second-order valence-electron chi connectivity index (χ2n) is 6.90. The summed E-state index contributed by atoms with van der Waals surface area (Å²) in [6.07, 6.45) is 9.73. The zero-order valence-electron chi connectivity index (χ0n) is 14.0. The average Bonchev–Trinajstić information content (AvgIpc) is 2.95. The molecule has 1 aliphatic carbocycles. The summed E-state index contributed by atoms with van der Waals surface area (Å²) in [5.41, 5.74) is 0.809. The number of hydrogen-bond acceptors (Lipinski definition) is 3. The normalized spacial score (nSPS) is 21.4. The molecule has 0 bridgehead atoms. The standard InChI is InChI=1S/C17H31N3O/c1-5-17(2,19(3)4)16(21)13-14-11-12-20(18-14)15-9-7-6-8-10-15/h11-12,15-16,21H,5-10,13H2,1-4H3. The molecule has 0 aromatic carbocycles. The van der Waals surface area contributed by atoms with Crippen molar-refractivity contribution in [2.75, 3.05) is 14.1 Å². The maximum Gasteiger partial charge on any atom is 0.0776 e. The third-order valence-corrected chi connectivity index (χ3v) is 5.47. The average molecular weight is 293 g/mol. The predicted molar refractivity (Wildman–Crippen MR) is 86.4 cm³/mol. The van der Waals surface area contributed by atoms with Gasteiger partial charge in [-0.05, 0) is 46.3 Å². The Balaban J connectivity index is 2.01. The van der Waals surface area contributed by atoms with Crippen LogP contribution in [0.3, 0.4) is 0 Å². The van der Waals surface area contributed by atoms with Crippen molar-refractivity contribution >= 4 is 0 Å². The van der Waals surface area contributed by atoms with Gasteiger partial charge in [0.15, 0.2) is 0 Å². The first-order valence-electron chi connectivity index (χ1n) is 8.37. The number of rotatable bonds is 6. The van der Waals surface area contributed by atoms with E-state index in [0.29, 0.717) is 12.5 Å². The predicted octanol–water partition coefficient (Wildman–Crippen LogP) is 3.02. The maximum atomic E-state index is 10.6. The second-order valence-corrected chi connectivity index (χ2v) is 6.90. The molecule has 1 heterocycles. The highest BCUT2D eigenvalue weighted by atomic mass is 16.3. The van der Waals surface area contributed by atoms with Gasteiger partial charge in [0.25, 0.3) is 0 Å². The molecule has 0 amide bonds. The number of likely N-dealkylation sites (N-methyl/N-ethyl adjacent to an activating group) is 1. The lowest BCUT2D eigenvalue weighted by atomic mass is 9.87. The van der Waals surface area contributed by atoms with E-state index in [2.05, 4.69) is 35.7 Å². The highest BCUT2D eigenvalue weighted by Gasteiger charge is 2.33. The molecule has 2 rings (SSSR count). The third kappa shape index (κ3) is 3.67. The lowest BCUT2D eigenvalue weighted by molar-refractivity contribution is 0.00236. The minimum Gasteiger partial charge on any atom is -0.391 e. The molecular weight excluding hydrogens is 262 g/mol. The van der Waals surface area contributed by atoms with Crippen molar-refractivity contribution in [3.8, 4) is 0 Å². The molecule has 0 radical (unpaired) electrons. The molecule has 1 saturated carbocycles. The smallest absolute Gasteiger partial charge is 0.0776 e. The maximum absolute atomic E-state index is 10.6. The van der Waals surface area contributed by atoms with Crippen LogP contribution in [0.1, 0.15) is 64.1 Å². The van der Waals surface area contributed by atoms with Gasteiger partial charge in [-0.15, -0.1) is 0 Å². The number of hydrogen-bond donors (Lipinski definition) is 1. The van der Waals surface area contributed by atoms with E-state index in [0.717, 1.165) is 12.1 Å². The largest absolute Gasteiger partial charge is 0.391 e. The van der Waals surface area contributed by atoms with Crippen LogP contribution >= 0.6 is 0 Å². The van der Waals surface area contributed by atoms with E-state index in [1.54, 1.807) is 0 Å². The quantitative estimate of drug-likeness (QED) is 0.876. The first-order chi connectivity index (χ1) is 9.97. The molecule has 1 N–H and O–H groups in total. The molecule has 1 aromatic rings. The van der Waals surface area contributed by atoms with E-state index >= 15 is 0 Å². The van der Waals surface area contributed by atoms with Crippen LogP contribution in [0.2, 0.25) is 0 Å². The summed E-state index contributed by atoms with van der Waals surface area (Å²) in [4.78, 5) is 2.12. The Hall–Kier alpha value is -0.870. The van der Waals surface area contributed by atoms with Gasteiger partial charge in [-0.1, -0.05) is 26.2 Å². The Bertz CT molecular complexity index is 437. The fraction of sp³-hybridized carbons (Fsp3) is 0.824. The molecule has 120 valence electrons. The summed E-state index contributed by atoms with van der Waals surface area (Å²) in [6, 6.07) is 2.64. The molecule has 0 spiro atoms. The summed E-state index contributed by atoms with van der Waals surface area (Å²) < 4.78 is 2.13. The summed E-state index contributed by atoms with van der Waals surface area (Å²) >= 11 is 0. The van der Waals surface area contributed by atoms with E-state index < -0.39 is 6.10 Å². The zero-order chi connectivity index (χ0) is 15.5. The van der Waals surface area contributed by atoms with Gasteiger partial charge in [-0.25, -0.2) is 0 Å². The summed E-state index contributed by atoms with van der Waals surface area (Å²) in [5.74, 6) is 0. The highest BCUT2D eigenvalue weighted by molar-refractivity contribution is 5.05. The fourth-order valence-electron chi connectivity index (χ4n) is 3.30. The van der Waals surface area contributed by atoms with Crippen molar-refractivity contribution in [1.29, 1.82) is 0 Å². The van der Waals surface area contributed by atoms with Crippen molar-refractivity contribution in [2.24, 2.45) is 0 Å². The van der Waals surface area contributed by atoms with Crippen LogP contribution in [-0.4, -0.2) is 45.5 Å². The van der Waals surface area contributed by atoms with Crippen LogP contribution in [0.15, 0.2) is 12.3 Å². The first kappa shape index (κ1) is 16.5. The van der Waals surface area contributed by atoms with Crippen LogP contribution in [0.5, 0.6) is 0 Å². The number of nitrogens with zero attached hydrogens (tertiary/aromatic N) is 3. The lowest BCUT2D eigenvalue weighted by Gasteiger charge is -2.39. The van der Waals surface area contributed by atoms with Gasteiger partial charge in [0, 0.05) is 18.2 Å². The monoisotopic (exact) mass is 293 g/mol. The van der Waals surface area contributed by atoms with Crippen molar-refractivity contribution in [1.82, 2.24) is 14.7 Å². The van der Waals surface area contributed by atoms with Crippen molar-refractivity contribution in [3.05, 3.63) is 18.0 Å². The van der Waals surface area contributed by atoms with Crippen LogP contribution in [0.4, 0.5) is 0 Å². The molecule has 4 nitrogen and oxygen atoms in total. The number of aliphatic hydroxyl groups excluding tert-OH is 1. The van der Waals surface area contributed by atoms with Crippen LogP contribution < -0.4 is 0 Å². The van der Waals surface area contributed by atoms with Gasteiger partial charge >= 0.3 is 0 Å². The van der Waals surface area contributed by atoms with E-state index in [4.69, 9.17) is 5.10 Å². The van der Waals surface area contributed by atoms with E-state index in [9.17, 15) is 5.11 Å². The molecule has 2 atom stereocenters. The molecular formula is C17H31N3O. The van der Waals surface area contributed by atoms with Crippen LogP contribution in [0.25, 0.3) is 0 Å². The van der Waals surface area contributed by atoms with Gasteiger partial charge in [-0.3, -0.25) is 4.68 Å². The lowest BCUT2D eigenvalue weighted by Crippen LogP contribution is -2.51. The molecule has 0 aliphatic heterocycles. The van der Waals surface area contributed by atoms with Gasteiger partial charge < -0.3 is 10.0 Å². The Morgan fingerprint density at radius 1 is 1.38 bits per heavy atom. The van der Waals surface area contributed by atoms with Gasteiger partial charge in [-0.2, -0.15) is 5.10 Å². The number of aromatic nitrogens is 2. The minimum absolute atomic E-state index is 0.200. The first-order valence-corrected chi connectivity index (χ1v) is 8.37. The van der Waals surface area contributed by atoms with Gasteiger partial charge in [0.1, 0.15) is 0 Å². The molecule has 2 unspecified atom stereocenters. The Morgan fingerprint density at radius 3 is 2.62 bits per heavy atom. The van der Waals surface area contributed by atoms with E-state index in [-0.39, 0.29) is 5.54 Å². The highest BCUT2D eigenvalue weighted by Crippen LogP contribution is 2.28. The Labute approximate surface area is 129 Å². The van der Waals surface area contributed by atoms with Crippen molar-refractivity contribution in [2.45, 2.75) is 76.5 Å². The molecule has 1 aliphatic rings. The summed E-state index contributed by atoms with van der Waals surface area (Å²) in [5, 5.41) is 15.3. The topological polar surface area (TPSA) is 41.3 Å². The summed E-state index contributed by atoms with van der Waals surface area (Å²) in [6.45, 7) is 4.25. The van der Waals surface area contributed by atoms with Crippen LogP contribution in [-0.2, 0) is 6.42 Å². The molecule has 21 heavy (non-hydrogen) atoms. The van der Waals surface area contributed by atoms with Gasteiger partial charge in [0.2, 0.25) is 0 Å².